The van der Waals surface area contributed by atoms with Crippen molar-refractivity contribution in [2.24, 2.45) is 0 Å². The molecular weight excluding hydrogens is 264 g/mol. The number of benzene rings is 1. The van der Waals surface area contributed by atoms with Crippen LogP contribution in [0, 0.1) is 0 Å². The molecule has 7 heteroatoms. The van der Waals surface area contributed by atoms with Gasteiger partial charge in [-0.25, -0.2) is 9.59 Å². The zero-order valence-electron chi connectivity index (χ0n) is 11.0. The number of carboxylic acid groups (broad SMARTS) is 1. The topological polar surface area (TPSA) is 99.1 Å². The van der Waals surface area contributed by atoms with Crippen molar-refractivity contribution in [1.82, 2.24) is 10.2 Å². The number of nitrogens with one attached hydrogen (secondary N) is 1. The van der Waals surface area contributed by atoms with Crippen molar-refractivity contribution in [1.29, 1.82) is 0 Å². The van der Waals surface area contributed by atoms with Crippen LogP contribution in [-0.2, 0) is 6.54 Å². The van der Waals surface area contributed by atoms with Gasteiger partial charge in [0, 0.05) is 18.5 Å². The number of urea groups is 1. The molecule has 3 N–H and O–H groups in total. The molecule has 2 amide bonds. The molecule has 0 radical (unpaired) electrons. The Morgan fingerprint density at radius 1 is 1.55 bits per heavy atom. The lowest BCUT2D eigenvalue weighted by molar-refractivity contribution is 0.0696. The predicted octanol–water partition coefficient (Wildman–Crippen LogP) is 0.627. The summed E-state index contributed by atoms with van der Waals surface area (Å²) in [5.41, 5.74) is 0.747. The molecule has 20 heavy (non-hydrogen) atoms. The Labute approximate surface area is 115 Å². The van der Waals surface area contributed by atoms with Crippen molar-refractivity contribution >= 4 is 12.0 Å². The standard InChI is InChI=1S/C13H16N2O5/c1-20-10-3-2-8(12(17)18)6-9(10)7-15-5-4-11(16)14-13(15)19/h2-3,6,11,16H,4-5,7H2,1H3,(H,14,19)(H,17,18). The largest absolute Gasteiger partial charge is 0.496 e. The second-order valence-electron chi connectivity index (χ2n) is 4.51. The number of carboxylic acids is 1. The Balaban J connectivity index is 2.21. The molecule has 1 aliphatic heterocycles. The maximum Gasteiger partial charge on any atom is 0.335 e. The quantitative estimate of drug-likeness (QED) is 0.751. The molecule has 1 aromatic carbocycles. The van der Waals surface area contributed by atoms with Crippen LogP contribution in [-0.4, -0.2) is 47.0 Å². The van der Waals surface area contributed by atoms with E-state index in [1.165, 1.54) is 24.1 Å². The molecule has 1 unspecified atom stereocenters. The number of rotatable bonds is 4. The summed E-state index contributed by atoms with van der Waals surface area (Å²) < 4.78 is 5.18. The monoisotopic (exact) mass is 280 g/mol. The van der Waals surface area contributed by atoms with Crippen molar-refractivity contribution < 1.29 is 24.5 Å². The maximum atomic E-state index is 11.7. The lowest BCUT2D eigenvalue weighted by Gasteiger charge is -2.30. The van der Waals surface area contributed by atoms with Crippen LogP contribution in [0.5, 0.6) is 5.75 Å². The molecule has 1 heterocycles. The van der Waals surface area contributed by atoms with Crippen molar-refractivity contribution in [3.63, 3.8) is 0 Å². The Morgan fingerprint density at radius 3 is 2.90 bits per heavy atom. The van der Waals surface area contributed by atoms with Gasteiger partial charge in [0.2, 0.25) is 0 Å². The van der Waals surface area contributed by atoms with Gasteiger partial charge in [-0.3, -0.25) is 0 Å². The lowest BCUT2D eigenvalue weighted by Crippen LogP contribution is -2.51. The summed E-state index contributed by atoms with van der Waals surface area (Å²) >= 11 is 0. The van der Waals surface area contributed by atoms with Gasteiger partial charge in [-0.2, -0.15) is 0 Å². The SMILES string of the molecule is COc1ccc(C(=O)O)cc1CN1CCC(O)NC1=O. The highest BCUT2D eigenvalue weighted by molar-refractivity contribution is 5.88. The summed E-state index contributed by atoms with van der Waals surface area (Å²) in [5.74, 6) is -0.513. The minimum Gasteiger partial charge on any atom is -0.496 e. The van der Waals surface area contributed by atoms with Gasteiger partial charge in [-0.15, -0.1) is 0 Å². The van der Waals surface area contributed by atoms with Crippen LogP contribution in [0.1, 0.15) is 22.3 Å². The molecule has 2 rings (SSSR count). The summed E-state index contributed by atoms with van der Waals surface area (Å²) in [6.07, 6.45) is -0.404. The van der Waals surface area contributed by atoms with Gasteiger partial charge in [-0.1, -0.05) is 0 Å². The third-order valence-corrected chi connectivity index (χ3v) is 3.14. The molecule has 7 nitrogen and oxygen atoms in total. The van der Waals surface area contributed by atoms with Crippen LogP contribution in [0.4, 0.5) is 4.79 Å². The first-order valence-electron chi connectivity index (χ1n) is 6.15. The van der Waals surface area contributed by atoms with E-state index in [9.17, 15) is 14.7 Å². The average molecular weight is 280 g/mol. The van der Waals surface area contributed by atoms with E-state index in [1.54, 1.807) is 6.07 Å². The molecule has 0 aromatic heterocycles. The molecule has 1 atom stereocenters. The minimum atomic E-state index is -1.03. The predicted molar refractivity (Wildman–Crippen MR) is 69.5 cm³/mol. The van der Waals surface area contributed by atoms with Crippen molar-refractivity contribution in [3.8, 4) is 5.75 Å². The van der Waals surface area contributed by atoms with E-state index in [2.05, 4.69) is 5.32 Å². The fourth-order valence-electron chi connectivity index (χ4n) is 2.08. The summed E-state index contributed by atoms with van der Waals surface area (Å²) in [7, 11) is 1.49. The van der Waals surface area contributed by atoms with Gasteiger partial charge in [0.15, 0.2) is 0 Å². The van der Waals surface area contributed by atoms with Crippen LogP contribution in [0.3, 0.4) is 0 Å². The summed E-state index contributed by atoms with van der Waals surface area (Å²) in [6, 6.07) is 4.12. The zero-order valence-corrected chi connectivity index (χ0v) is 11.0. The second-order valence-corrected chi connectivity index (χ2v) is 4.51. The van der Waals surface area contributed by atoms with Crippen LogP contribution < -0.4 is 10.1 Å². The number of hydrogen-bond acceptors (Lipinski definition) is 4. The number of ether oxygens (including phenoxy) is 1. The smallest absolute Gasteiger partial charge is 0.335 e. The fraction of sp³-hybridized carbons (Fsp3) is 0.385. The third kappa shape index (κ3) is 3.00. The van der Waals surface area contributed by atoms with E-state index < -0.39 is 12.2 Å². The fourth-order valence-corrected chi connectivity index (χ4v) is 2.08. The van der Waals surface area contributed by atoms with Gasteiger partial charge < -0.3 is 25.2 Å². The maximum absolute atomic E-state index is 11.7. The molecule has 1 saturated heterocycles. The molecule has 0 aliphatic carbocycles. The van der Waals surface area contributed by atoms with E-state index in [0.717, 1.165) is 0 Å². The lowest BCUT2D eigenvalue weighted by atomic mass is 10.1. The van der Waals surface area contributed by atoms with Gasteiger partial charge in [0.25, 0.3) is 0 Å². The molecule has 0 bridgehead atoms. The Kier molecular flexibility index (Phi) is 4.09. The number of nitrogens with zero attached hydrogens (tertiary/aromatic N) is 1. The van der Waals surface area contributed by atoms with Gasteiger partial charge >= 0.3 is 12.0 Å². The van der Waals surface area contributed by atoms with Crippen LogP contribution in [0.25, 0.3) is 0 Å². The van der Waals surface area contributed by atoms with Gasteiger partial charge in [0.1, 0.15) is 12.0 Å². The highest BCUT2D eigenvalue weighted by Gasteiger charge is 2.24. The normalized spacial score (nSPS) is 18.6. The average Bonchev–Trinajstić information content (AvgIpc) is 2.41. The highest BCUT2D eigenvalue weighted by atomic mass is 16.5. The van der Waals surface area contributed by atoms with E-state index in [-0.39, 0.29) is 18.1 Å². The third-order valence-electron chi connectivity index (χ3n) is 3.14. The number of aliphatic hydroxyl groups is 1. The number of amides is 2. The number of aliphatic hydroxyl groups excluding tert-OH is 1. The number of hydrogen-bond donors (Lipinski definition) is 3. The van der Waals surface area contributed by atoms with E-state index >= 15 is 0 Å². The summed E-state index contributed by atoms with van der Waals surface area (Å²) in [6.45, 7) is 0.621. The first-order valence-corrected chi connectivity index (χ1v) is 6.15. The van der Waals surface area contributed by atoms with Crippen LogP contribution in [0.2, 0.25) is 0 Å². The van der Waals surface area contributed by atoms with Crippen molar-refractivity contribution in [2.75, 3.05) is 13.7 Å². The van der Waals surface area contributed by atoms with Crippen LogP contribution >= 0.6 is 0 Å². The Bertz CT molecular complexity index is 531. The van der Waals surface area contributed by atoms with Gasteiger partial charge in [-0.05, 0) is 18.2 Å². The minimum absolute atomic E-state index is 0.137. The van der Waals surface area contributed by atoms with E-state index in [0.29, 0.717) is 24.3 Å². The molecule has 108 valence electrons. The second kappa shape index (κ2) is 5.79. The Hall–Kier alpha value is -2.28. The number of methoxy groups -OCH3 is 1. The first-order chi connectivity index (χ1) is 9.51. The highest BCUT2D eigenvalue weighted by Crippen LogP contribution is 2.22. The molecule has 1 aromatic rings. The van der Waals surface area contributed by atoms with Crippen LogP contribution in [0.15, 0.2) is 18.2 Å². The van der Waals surface area contributed by atoms with E-state index in [1.807, 2.05) is 0 Å². The van der Waals surface area contributed by atoms with Crippen molar-refractivity contribution in [2.45, 2.75) is 19.2 Å². The molecule has 1 fully saturated rings. The summed E-state index contributed by atoms with van der Waals surface area (Å²) in [5, 5.41) is 20.7. The zero-order chi connectivity index (χ0) is 14.7. The summed E-state index contributed by atoms with van der Waals surface area (Å²) in [4.78, 5) is 24.2. The van der Waals surface area contributed by atoms with E-state index in [4.69, 9.17) is 9.84 Å². The molecular formula is C13H16N2O5. The molecule has 0 spiro atoms. The number of carbonyl (C=O) groups excluding carboxylic acids is 1. The number of aromatic carboxylic acids is 1. The van der Waals surface area contributed by atoms with Crippen molar-refractivity contribution in [3.05, 3.63) is 29.3 Å². The molecule has 0 saturated carbocycles. The molecule has 1 aliphatic rings. The Morgan fingerprint density at radius 2 is 2.30 bits per heavy atom. The van der Waals surface area contributed by atoms with Gasteiger partial charge in [0.05, 0.1) is 19.2 Å². The number of carbonyl (C=O) groups is 2. The first kappa shape index (κ1) is 14.1.